The number of nitrogens with zero attached hydrogens (tertiary/aromatic N) is 3. The molecule has 4 heteroatoms. The summed E-state index contributed by atoms with van der Waals surface area (Å²) in [6.07, 6.45) is 5.08. The summed E-state index contributed by atoms with van der Waals surface area (Å²) in [5, 5.41) is 9.65. The van der Waals surface area contributed by atoms with E-state index in [1.165, 1.54) is 12.8 Å². The third-order valence-electron chi connectivity index (χ3n) is 2.49. The quantitative estimate of drug-likeness (QED) is 0.779. The van der Waals surface area contributed by atoms with Crippen LogP contribution in [-0.2, 0) is 6.54 Å². The van der Waals surface area contributed by atoms with Gasteiger partial charge in [0.2, 0.25) is 0 Å². The molecule has 0 aliphatic carbocycles. The number of pyridine rings is 1. The number of aromatic nitrogens is 3. The van der Waals surface area contributed by atoms with Crippen LogP contribution in [0.3, 0.4) is 0 Å². The number of unbranched alkanes of at least 4 members (excludes halogenated alkanes) is 2. The molecule has 0 fully saturated rings. The molecule has 80 valence electrons. The molecule has 15 heavy (non-hydrogen) atoms. The molecule has 0 aliphatic rings. The summed E-state index contributed by atoms with van der Waals surface area (Å²) in [5.74, 6) is 0. The fourth-order valence-electron chi connectivity index (χ4n) is 1.69. The molecule has 2 aromatic heterocycles. The Bertz CT molecular complexity index is 450. The molecule has 2 aromatic rings. The molecule has 1 N–H and O–H groups in total. The predicted molar refractivity (Wildman–Crippen MR) is 58.7 cm³/mol. The molecule has 0 saturated carbocycles. The maximum Gasteiger partial charge on any atom is 0.296 e. The SMILES string of the molecule is CCCCCn1c(O)nc2ncccc21. The largest absolute Gasteiger partial charge is 0.480 e. The Morgan fingerprint density at radius 1 is 1.40 bits per heavy atom. The molecule has 0 amide bonds. The minimum atomic E-state index is 0.0693. The smallest absolute Gasteiger partial charge is 0.296 e. The summed E-state index contributed by atoms with van der Waals surface area (Å²) < 4.78 is 1.82. The Morgan fingerprint density at radius 2 is 2.27 bits per heavy atom. The standard InChI is InChI=1S/C11H15N3O/c1-2-3-4-8-14-9-6-5-7-12-10(9)13-11(14)15/h5-7H,2-4,8H2,1H3,(H,12,13,15). The van der Waals surface area contributed by atoms with E-state index in [4.69, 9.17) is 0 Å². The number of fused-ring (bicyclic) bond motifs is 1. The van der Waals surface area contributed by atoms with Crippen LogP contribution in [0, 0.1) is 0 Å². The first-order valence-corrected chi connectivity index (χ1v) is 5.33. The third-order valence-corrected chi connectivity index (χ3v) is 2.49. The Labute approximate surface area is 88.6 Å². The van der Waals surface area contributed by atoms with Crippen molar-refractivity contribution in [1.29, 1.82) is 0 Å². The number of aryl methyl sites for hydroxylation is 1. The van der Waals surface area contributed by atoms with E-state index in [1.54, 1.807) is 6.20 Å². The zero-order valence-electron chi connectivity index (χ0n) is 8.85. The predicted octanol–water partition coefficient (Wildman–Crippen LogP) is 2.33. The van der Waals surface area contributed by atoms with Gasteiger partial charge in [-0.25, -0.2) is 4.98 Å². The van der Waals surface area contributed by atoms with Crippen LogP contribution in [-0.4, -0.2) is 19.6 Å². The van der Waals surface area contributed by atoms with E-state index >= 15 is 0 Å². The molecule has 0 unspecified atom stereocenters. The summed E-state index contributed by atoms with van der Waals surface area (Å²) in [6.45, 7) is 2.97. The molecule has 0 spiro atoms. The highest BCUT2D eigenvalue weighted by Gasteiger charge is 2.08. The maximum atomic E-state index is 9.65. The van der Waals surface area contributed by atoms with Gasteiger partial charge in [-0.05, 0) is 18.6 Å². The van der Waals surface area contributed by atoms with Crippen LogP contribution in [0.25, 0.3) is 11.2 Å². The van der Waals surface area contributed by atoms with E-state index in [0.29, 0.717) is 5.65 Å². The van der Waals surface area contributed by atoms with Crippen LogP contribution in [0.5, 0.6) is 6.01 Å². The summed E-state index contributed by atoms with van der Waals surface area (Å²) in [7, 11) is 0. The lowest BCUT2D eigenvalue weighted by atomic mass is 10.2. The number of imidazole rings is 1. The fraction of sp³-hybridized carbons (Fsp3) is 0.455. The Balaban J connectivity index is 2.28. The topological polar surface area (TPSA) is 50.9 Å². The zero-order valence-corrected chi connectivity index (χ0v) is 8.85. The molecule has 0 saturated heterocycles. The maximum absolute atomic E-state index is 9.65. The number of hydrogen-bond donors (Lipinski definition) is 1. The van der Waals surface area contributed by atoms with E-state index < -0.39 is 0 Å². The highest BCUT2D eigenvalue weighted by Crippen LogP contribution is 2.18. The van der Waals surface area contributed by atoms with Crippen molar-refractivity contribution in [2.45, 2.75) is 32.7 Å². The number of rotatable bonds is 4. The summed E-state index contributed by atoms with van der Waals surface area (Å²) >= 11 is 0. The summed E-state index contributed by atoms with van der Waals surface area (Å²) in [4.78, 5) is 8.10. The average molecular weight is 205 g/mol. The van der Waals surface area contributed by atoms with E-state index in [-0.39, 0.29) is 6.01 Å². The van der Waals surface area contributed by atoms with Crippen molar-refractivity contribution in [3.05, 3.63) is 18.3 Å². The highest BCUT2D eigenvalue weighted by molar-refractivity contribution is 5.71. The Morgan fingerprint density at radius 3 is 3.07 bits per heavy atom. The lowest BCUT2D eigenvalue weighted by molar-refractivity contribution is 0.397. The van der Waals surface area contributed by atoms with Gasteiger partial charge in [0.05, 0.1) is 5.52 Å². The van der Waals surface area contributed by atoms with Gasteiger partial charge in [-0.2, -0.15) is 4.98 Å². The van der Waals surface area contributed by atoms with Gasteiger partial charge >= 0.3 is 0 Å². The van der Waals surface area contributed by atoms with Gasteiger partial charge in [0.15, 0.2) is 5.65 Å². The van der Waals surface area contributed by atoms with Crippen molar-refractivity contribution >= 4 is 11.2 Å². The Kier molecular flexibility index (Phi) is 2.85. The second-order valence-corrected chi connectivity index (χ2v) is 3.62. The van der Waals surface area contributed by atoms with Crippen molar-refractivity contribution < 1.29 is 5.11 Å². The van der Waals surface area contributed by atoms with Crippen molar-refractivity contribution in [3.8, 4) is 6.01 Å². The van der Waals surface area contributed by atoms with Gasteiger partial charge in [-0.1, -0.05) is 19.8 Å². The first kappa shape index (κ1) is 9.96. The molecule has 0 aromatic carbocycles. The van der Waals surface area contributed by atoms with Crippen molar-refractivity contribution in [2.24, 2.45) is 0 Å². The van der Waals surface area contributed by atoms with E-state index in [2.05, 4.69) is 16.9 Å². The van der Waals surface area contributed by atoms with Crippen molar-refractivity contribution in [1.82, 2.24) is 14.5 Å². The van der Waals surface area contributed by atoms with Gasteiger partial charge in [0.1, 0.15) is 0 Å². The second-order valence-electron chi connectivity index (χ2n) is 3.62. The van der Waals surface area contributed by atoms with Crippen LogP contribution in [0.2, 0.25) is 0 Å². The Hall–Kier alpha value is -1.58. The van der Waals surface area contributed by atoms with E-state index in [1.807, 2.05) is 16.7 Å². The molecule has 2 rings (SSSR count). The lowest BCUT2D eigenvalue weighted by Gasteiger charge is -2.03. The van der Waals surface area contributed by atoms with Crippen LogP contribution in [0.15, 0.2) is 18.3 Å². The third kappa shape index (κ3) is 1.93. The van der Waals surface area contributed by atoms with Crippen LogP contribution >= 0.6 is 0 Å². The van der Waals surface area contributed by atoms with E-state index in [9.17, 15) is 5.11 Å². The molecule has 2 heterocycles. The van der Waals surface area contributed by atoms with Gasteiger partial charge in [0, 0.05) is 12.7 Å². The number of hydrogen-bond acceptors (Lipinski definition) is 3. The van der Waals surface area contributed by atoms with Crippen molar-refractivity contribution in [3.63, 3.8) is 0 Å². The molecule has 0 atom stereocenters. The minimum absolute atomic E-state index is 0.0693. The van der Waals surface area contributed by atoms with Gasteiger partial charge < -0.3 is 5.11 Å². The normalized spacial score (nSPS) is 11.0. The fourth-order valence-corrected chi connectivity index (χ4v) is 1.69. The minimum Gasteiger partial charge on any atom is -0.480 e. The van der Waals surface area contributed by atoms with Gasteiger partial charge in [-0.15, -0.1) is 0 Å². The molecule has 4 nitrogen and oxygen atoms in total. The lowest BCUT2D eigenvalue weighted by Crippen LogP contribution is -1.97. The van der Waals surface area contributed by atoms with Crippen molar-refractivity contribution in [2.75, 3.05) is 0 Å². The second kappa shape index (κ2) is 4.29. The molecular formula is C11H15N3O. The zero-order chi connectivity index (χ0) is 10.7. The number of aromatic hydroxyl groups is 1. The summed E-state index contributed by atoms with van der Waals surface area (Å²) in [6, 6.07) is 3.86. The molecular weight excluding hydrogens is 190 g/mol. The first-order valence-electron chi connectivity index (χ1n) is 5.33. The first-order chi connectivity index (χ1) is 7.33. The van der Waals surface area contributed by atoms with Crippen LogP contribution < -0.4 is 0 Å². The monoisotopic (exact) mass is 205 g/mol. The van der Waals surface area contributed by atoms with Crippen LogP contribution in [0.1, 0.15) is 26.2 Å². The average Bonchev–Trinajstić information content (AvgIpc) is 2.56. The van der Waals surface area contributed by atoms with Crippen LogP contribution in [0.4, 0.5) is 0 Å². The molecule has 0 bridgehead atoms. The van der Waals surface area contributed by atoms with Gasteiger partial charge in [0.25, 0.3) is 6.01 Å². The molecule has 0 aliphatic heterocycles. The molecule has 0 radical (unpaired) electrons. The van der Waals surface area contributed by atoms with E-state index in [0.717, 1.165) is 18.5 Å². The van der Waals surface area contributed by atoms with Gasteiger partial charge in [-0.3, -0.25) is 4.57 Å². The summed E-state index contributed by atoms with van der Waals surface area (Å²) in [5.41, 5.74) is 1.53. The highest BCUT2D eigenvalue weighted by atomic mass is 16.3.